The summed E-state index contributed by atoms with van der Waals surface area (Å²) in [6, 6.07) is 5.71. The van der Waals surface area contributed by atoms with Crippen LogP contribution in [-0.4, -0.2) is 12.1 Å². The molecular weight excluding hydrogens is 244 g/mol. The minimum absolute atomic E-state index is 0.749. The lowest BCUT2D eigenvalue weighted by atomic mass is 10.0. The lowest BCUT2D eigenvalue weighted by molar-refractivity contribution is 0.416. The van der Waals surface area contributed by atoms with E-state index < -0.39 is 0 Å². The van der Waals surface area contributed by atoms with Crippen LogP contribution in [0.4, 0.5) is 5.69 Å². The van der Waals surface area contributed by atoms with E-state index in [1.165, 1.54) is 23.4 Å². The Labute approximate surface area is 111 Å². The predicted molar refractivity (Wildman–Crippen MR) is 75.2 cm³/mol. The van der Waals surface area contributed by atoms with Gasteiger partial charge < -0.3 is 10.5 Å². The fourth-order valence-corrected chi connectivity index (χ4v) is 3.53. The monoisotopic (exact) mass is 260 g/mol. The number of hydrogen-bond acceptors (Lipinski definition) is 4. The Bertz CT molecular complexity index is 554. The number of aryl methyl sites for hydroxylation is 2. The number of nitrogens with two attached hydrogens (primary N) is 1. The van der Waals surface area contributed by atoms with Crippen LogP contribution in [-0.2, 0) is 12.8 Å². The molecule has 3 nitrogen and oxygen atoms in total. The predicted octanol–water partition coefficient (Wildman–Crippen LogP) is 3.28. The smallest absolute Gasteiger partial charge is 0.129 e. The van der Waals surface area contributed by atoms with E-state index in [0.29, 0.717) is 0 Å². The molecule has 2 N–H and O–H groups in total. The fraction of sp³-hybridized carbons (Fsp3) is 0.357. The van der Waals surface area contributed by atoms with E-state index in [-0.39, 0.29) is 0 Å². The number of thiazole rings is 1. The van der Waals surface area contributed by atoms with Crippen molar-refractivity contribution < 1.29 is 4.74 Å². The van der Waals surface area contributed by atoms with Crippen molar-refractivity contribution in [2.24, 2.45) is 0 Å². The van der Waals surface area contributed by atoms with Crippen molar-refractivity contribution in [3.05, 3.63) is 28.8 Å². The summed E-state index contributed by atoms with van der Waals surface area (Å²) in [5, 5.41) is 1.03. The zero-order chi connectivity index (χ0) is 12.5. The average molecular weight is 260 g/mol. The van der Waals surface area contributed by atoms with Gasteiger partial charge in [-0.25, -0.2) is 4.98 Å². The first-order valence-corrected chi connectivity index (χ1v) is 7.02. The van der Waals surface area contributed by atoms with Gasteiger partial charge in [0, 0.05) is 10.6 Å². The van der Waals surface area contributed by atoms with Crippen LogP contribution in [0.15, 0.2) is 18.2 Å². The average Bonchev–Trinajstić information content (AvgIpc) is 2.82. The normalized spacial score (nSPS) is 14.3. The Morgan fingerprint density at radius 3 is 2.89 bits per heavy atom. The maximum atomic E-state index is 5.86. The number of nitrogen functional groups attached to an aromatic ring is 1. The standard InChI is InChI=1S/C14H16N2OS/c1-17-12-7-6-9(15)8-10(12)14-16-11-4-2-3-5-13(11)18-14/h6-8H,2-5,15H2,1H3. The number of benzene rings is 1. The third kappa shape index (κ3) is 1.97. The second kappa shape index (κ2) is 4.61. The molecule has 4 heteroatoms. The molecule has 1 heterocycles. The number of ether oxygens (including phenoxy) is 1. The van der Waals surface area contributed by atoms with Crippen molar-refractivity contribution in [1.29, 1.82) is 0 Å². The molecule has 94 valence electrons. The summed E-state index contributed by atoms with van der Waals surface area (Å²) in [6.07, 6.45) is 4.81. The molecule has 0 bridgehead atoms. The first-order chi connectivity index (χ1) is 8.78. The molecule has 1 aromatic heterocycles. The molecule has 0 unspecified atom stereocenters. The highest BCUT2D eigenvalue weighted by Gasteiger charge is 2.18. The molecule has 0 saturated heterocycles. The maximum Gasteiger partial charge on any atom is 0.129 e. The van der Waals surface area contributed by atoms with Crippen molar-refractivity contribution in [3.8, 4) is 16.3 Å². The Morgan fingerprint density at radius 2 is 2.11 bits per heavy atom. The van der Waals surface area contributed by atoms with Crippen molar-refractivity contribution in [3.63, 3.8) is 0 Å². The highest BCUT2D eigenvalue weighted by molar-refractivity contribution is 7.15. The highest BCUT2D eigenvalue weighted by atomic mass is 32.1. The maximum absolute atomic E-state index is 5.86. The van der Waals surface area contributed by atoms with E-state index in [2.05, 4.69) is 0 Å². The van der Waals surface area contributed by atoms with Gasteiger partial charge in [-0.3, -0.25) is 0 Å². The summed E-state index contributed by atoms with van der Waals surface area (Å²) in [4.78, 5) is 6.18. The molecule has 0 atom stereocenters. The Hall–Kier alpha value is -1.55. The Morgan fingerprint density at radius 1 is 1.28 bits per heavy atom. The molecule has 1 aliphatic rings. The molecule has 2 aromatic rings. The van der Waals surface area contributed by atoms with E-state index in [0.717, 1.165) is 34.8 Å². The van der Waals surface area contributed by atoms with Crippen molar-refractivity contribution in [2.75, 3.05) is 12.8 Å². The van der Waals surface area contributed by atoms with Crippen LogP contribution in [0.1, 0.15) is 23.4 Å². The largest absolute Gasteiger partial charge is 0.496 e. The molecule has 0 fully saturated rings. The van der Waals surface area contributed by atoms with Gasteiger partial charge in [-0.15, -0.1) is 11.3 Å². The quantitative estimate of drug-likeness (QED) is 0.843. The van der Waals surface area contributed by atoms with Gasteiger partial charge in [-0.05, 0) is 43.9 Å². The zero-order valence-electron chi connectivity index (χ0n) is 10.4. The van der Waals surface area contributed by atoms with E-state index in [9.17, 15) is 0 Å². The molecule has 0 radical (unpaired) electrons. The van der Waals surface area contributed by atoms with E-state index in [4.69, 9.17) is 15.5 Å². The zero-order valence-corrected chi connectivity index (χ0v) is 11.2. The molecule has 1 aromatic carbocycles. The van der Waals surface area contributed by atoms with Crippen LogP contribution in [0, 0.1) is 0 Å². The number of anilines is 1. The van der Waals surface area contributed by atoms with Gasteiger partial charge >= 0.3 is 0 Å². The molecule has 3 rings (SSSR count). The van der Waals surface area contributed by atoms with Crippen molar-refractivity contribution >= 4 is 17.0 Å². The molecular formula is C14H16N2OS. The van der Waals surface area contributed by atoms with Crippen LogP contribution < -0.4 is 10.5 Å². The number of fused-ring (bicyclic) bond motifs is 1. The van der Waals surface area contributed by atoms with Crippen LogP contribution >= 0.6 is 11.3 Å². The van der Waals surface area contributed by atoms with Gasteiger partial charge in [0.15, 0.2) is 0 Å². The molecule has 0 saturated carbocycles. The van der Waals surface area contributed by atoms with Gasteiger partial charge in [0.2, 0.25) is 0 Å². The summed E-state index contributed by atoms with van der Waals surface area (Å²) < 4.78 is 5.40. The summed E-state index contributed by atoms with van der Waals surface area (Å²) in [5.41, 5.74) is 8.89. The first kappa shape index (κ1) is 11.5. The topological polar surface area (TPSA) is 48.1 Å². The second-order valence-electron chi connectivity index (χ2n) is 4.56. The fourth-order valence-electron chi connectivity index (χ4n) is 2.36. The van der Waals surface area contributed by atoms with E-state index in [1.807, 2.05) is 18.2 Å². The van der Waals surface area contributed by atoms with Crippen LogP contribution in [0.5, 0.6) is 5.75 Å². The SMILES string of the molecule is COc1ccc(N)cc1-c1nc2c(s1)CCCC2. The minimum atomic E-state index is 0.749. The van der Waals surface area contributed by atoms with Gasteiger partial charge in [-0.2, -0.15) is 0 Å². The van der Waals surface area contributed by atoms with E-state index in [1.54, 1.807) is 18.4 Å². The summed E-state index contributed by atoms with van der Waals surface area (Å²) in [5.74, 6) is 0.843. The first-order valence-electron chi connectivity index (χ1n) is 6.20. The Kier molecular flexibility index (Phi) is 2.96. The van der Waals surface area contributed by atoms with Crippen LogP contribution in [0.2, 0.25) is 0 Å². The summed E-state index contributed by atoms with van der Waals surface area (Å²) >= 11 is 1.78. The molecule has 1 aliphatic carbocycles. The van der Waals surface area contributed by atoms with Crippen molar-refractivity contribution in [1.82, 2.24) is 4.98 Å². The van der Waals surface area contributed by atoms with Gasteiger partial charge in [0.1, 0.15) is 10.8 Å². The van der Waals surface area contributed by atoms with Gasteiger partial charge in [0.25, 0.3) is 0 Å². The van der Waals surface area contributed by atoms with E-state index >= 15 is 0 Å². The summed E-state index contributed by atoms with van der Waals surface area (Å²) in [6.45, 7) is 0. The third-order valence-corrected chi connectivity index (χ3v) is 4.49. The van der Waals surface area contributed by atoms with Gasteiger partial charge in [-0.1, -0.05) is 0 Å². The molecule has 18 heavy (non-hydrogen) atoms. The number of methoxy groups -OCH3 is 1. The number of nitrogens with zero attached hydrogens (tertiary/aromatic N) is 1. The molecule has 0 amide bonds. The Balaban J connectivity index is 2.08. The number of rotatable bonds is 2. The number of aromatic nitrogens is 1. The number of hydrogen-bond donors (Lipinski definition) is 1. The second-order valence-corrected chi connectivity index (χ2v) is 5.64. The molecule has 0 aliphatic heterocycles. The van der Waals surface area contributed by atoms with Crippen LogP contribution in [0.3, 0.4) is 0 Å². The minimum Gasteiger partial charge on any atom is -0.496 e. The van der Waals surface area contributed by atoms with Crippen molar-refractivity contribution in [2.45, 2.75) is 25.7 Å². The summed E-state index contributed by atoms with van der Waals surface area (Å²) in [7, 11) is 1.68. The highest BCUT2D eigenvalue weighted by Crippen LogP contribution is 2.37. The van der Waals surface area contributed by atoms with Gasteiger partial charge in [0.05, 0.1) is 18.4 Å². The molecule has 0 spiro atoms. The van der Waals surface area contributed by atoms with Crippen LogP contribution in [0.25, 0.3) is 10.6 Å². The third-order valence-electron chi connectivity index (χ3n) is 3.30. The lowest BCUT2D eigenvalue weighted by Gasteiger charge is -2.07. The lowest BCUT2D eigenvalue weighted by Crippen LogP contribution is -1.99.